The number of hydrogen-bond acceptors (Lipinski definition) is 8. The van der Waals surface area contributed by atoms with Gasteiger partial charge in [-0.1, -0.05) is 0 Å². The number of benzene rings is 2. The second-order valence-electron chi connectivity index (χ2n) is 9.08. The zero-order valence-electron chi connectivity index (χ0n) is 20.9. The highest BCUT2D eigenvalue weighted by atomic mass is 32.1. The Morgan fingerprint density at radius 2 is 1.78 bits per heavy atom. The Balaban J connectivity index is 1.21. The van der Waals surface area contributed by atoms with Crippen LogP contribution in [0.3, 0.4) is 0 Å². The standard InChI is InChI=1S/C27H28N4O5S/c1-33-23-6-4-19(12-25(23)34-2)21-16-37-27(29-21)20(13-28)22(32)15-31-9-7-30(8-10-31)14-18-3-5-24-26(11-18)36-17-35-24/h3-6,11-12,16,32H,7-10,14-15,17H2,1-2H3/p+2/b22-20-. The summed E-state index contributed by atoms with van der Waals surface area (Å²) in [5, 5.41) is 23.1. The van der Waals surface area contributed by atoms with E-state index >= 15 is 0 Å². The van der Waals surface area contributed by atoms with E-state index in [1.54, 1.807) is 14.2 Å². The molecule has 0 atom stereocenters. The fourth-order valence-corrected chi connectivity index (χ4v) is 5.57. The van der Waals surface area contributed by atoms with Gasteiger partial charge in [0.1, 0.15) is 55.9 Å². The number of aromatic nitrogens is 1. The average Bonchev–Trinajstić information content (AvgIpc) is 3.60. The molecule has 192 valence electrons. The van der Waals surface area contributed by atoms with Gasteiger partial charge in [-0.15, -0.1) is 11.3 Å². The molecule has 0 spiro atoms. The Kier molecular flexibility index (Phi) is 7.46. The fourth-order valence-electron chi connectivity index (χ4n) is 4.73. The van der Waals surface area contributed by atoms with Gasteiger partial charge in [0, 0.05) is 16.5 Å². The van der Waals surface area contributed by atoms with E-state index < -0.39 is 0 Å². The van der Waals surface area contributed by atoms with Crippen LogP contribution in [0, 0.1) is 11.3 Å². The Hall–Kier alpha value is -3.78. The number of fused-ring (bicyclic) bond motifs is 1. The van der Waals surface area contributed by atoms with Gasteiger partial charge < -0.3 is 33.9 Å². The molecular weight excluding hydrogens is 492 g/mol. The van der Waals surface area contributed by atoms with Crippen LogP contribution in [0.2, 0.25) is 0 Å². The number of nitrogens with zero attached hydrogens (tertiary/aromatic N) is 2. The minimum absolute atomic E-state index is 0.0879. The van der Waals surface area contributed by atoms with Gasteiger partial charge in [0.05, 0.1) is 19.9 Å². The molecule has 2 aliphatic rings. The summed E-state index contributed by atoms with van der Waals surface area (Å²) in [5.41, 5.74) is 3.03. The fraction of sp³-hybridized carbons (Fsp3) is 0.333. The molecule has 3 N–H and O–H groups in total. The molecule has 2 aliphatic heterocycles. The highest BCUT2D eigenvalue weighted by Crippen LogP contribution is 2.34. The van der Waals surface area contributed by atoms with Crippen molar-refractivity contribution >= 4 is 16.9 Å². The average molecular weight is 523 g/mol. The number of aliphatic hydroxyl groups is 1. The molecular formula is C27H30N4O5S+2. The van der Waals surface area contributed by atoms with Crippen LogP contribution in [0.1, 0.15) is 10.6 Å². The summed E-state index contributed by atoms with van der Waals surface area (Å²) >= 11 is 1.34. The first-order chi connectivity index (χ1) is 18.1. The van der Waals surface area contributed by atoms with Gasteiger partial charge in [-0.3, -0.25) is 0 Å². The lowest BCUT2D eigenvalue weighted by Gasteiger charge is -2.29. The summed E-state index contributed by atoms with van der Waals surface area (Å²) in [4.78, 5) is 7.38. The predicted octanol–water partition coefficient (Wildman–Crippen LogP) is 1.33. The van der Waals surface area contributed by atoms with Crippen molar-refractivity contribution in [2.45, 2.75) is 6.54 Å². The second kappa shape index (κ2) is 11.1. The quantitative estimate of drug-likeness (QED) is 0.303. The van der Waals surface area contributed by atoms with Crippen molar-refractivity contribution in [1.82, 2.24) is 4.98 Å². The molecule has 0 aliphatic carbocycles. The third kappa shape index (κ3) is 5.49. The summed E-state index contributed by atoms with van der Waals surface area (Å²) in [6.07, 6.45) is 0. The molecule has 0 amide bonds. The van der Waals surface area contributed by atoms with Crippen molar-refractivity contribution in [3.8, 4) is 40.3 Å². The van der Waals surface area contributed by atoms with Crippen LogP contribution in [-0.4, -0.2) is 63.8 Å². The lowest BCUT2D eigenvalue weighted by atomic mass is 10.1. The molecule has 2 aromatic carbocycles. The van der Waals surface area contributed by atoms with Crippen molar-refractivity contribution in [2.24, 2.45) is 0 Å². The number of methoxy groups -OCH3 is 2. The van der Waals surface area contributed by atoms with E-state index in [1.165, 1.54) is 26.7 Å². The first kappa shape index (κ1) is 24.9. The number of thiazole rings is 1. The molecule has 3 aromatic rings. The van der Waals surface area contributed by atoms with Gasteiger partial charge in [-0.25, -0.2) is 4.98 Å². The lowest BCUT2D eigenvalue weighted by molar-refractivity contribution is -1.02. The largest absolute Gasteiger partial charge is 0.506 e. The maximum atomic E-state index is 10.9. The molecule has 9 nitrogen and oxygen atoms in total. The van der Waals surface area contributed by atoms with E-state index in [-0.39, 0.29) is 18.1 Å². The summed E-state index contributed by atoms with van der Waals surface area (Å²) in [7, 11) is 3.18. The number of rotatable bonds is 8. The Labute approximate surface area is 219 Å². The van der Waals surface area contributed by atoms with Crippen LogP contribution in [-0.2, 0) is 6.54 Å². The van der Waals surface area contributed by atoms with Crippen molar-refractivity contribution in [3.05, 3.63) is 58.1 Å². The molecule has 1 saturated heterocycles. The van der Waals surface area contributed by atoms with E-state index in [0.717, 1.165) is 55.5 Å². The summed E-state index contributed by atoms with van der Waals surface area (Å²) in [6, 6.07) is 13.9. The zero-order chi connectivity index (χ0) is 25.8. The van der Waals surface area contributed by atoms with Crippen molar-refractivity contribution in [2.75, 3.05) is 53.7 Å². The molecule has 37 heavy (non-hydrogen) atoms. The molecule has 10 heteroatoms. The van der Waals surface area contributed by atoms with Crippen LogP contribution in [0.4, 0.5) is 0 Å². The maximum absolute atomic E-state index is 10.9. The van der Waals surface area contributed by atoms with E-state index in [0.29, 0.717) is 23.1 Å². The first-order valence-corrected chi connectivity index (χ1v) is 13.0. The van der Waals surface area contributed by atoms with Crippen LogP contribution in [0.15, 0.2) is 47.5 Å². The molecule has 5 rings (SSSR count). The second-order valence-corrected chi connectivity index (χ2v) is 9.94. The Morgan fingerprint density at radius 1 is 1.03 bits per heavy atom. The van der Waals surface area contributed by atoms with Gasteiger partial charge in [-0.05, 0) is 36.4 Å². The Morgan fingerprint density at radius 3 is 2.54 bits per heavy atom. The normalized spacial score (nSPS) is 19.2. The van der Waals surface area contributed by atoms with E-state index in [1.807, 2.05) is 29.6 Å². The van der Waals surface area contributed by atoms with Gasteiger partial charge in [0.15, 0.2) is 28.8 Å². The monoisotopic (exact) mass is 522 g/mol. The summed E-state index contributed by atoms with van der Waals surface area (Å²) in [6.45, 7) is 5.42. The minimum Gasteiger partial charge on any atom is -0.506 e. The first-order valence-electron chi connectivity index (χ1n) is 12.1. The maximum Gasteiger partial charge on any atom is 0.231 e. The van der Waals surface area contributed by atoms with Crippen molar-refractivity contribution < 1.29 is 33.9 Å². The van der Waals surface area contributed by atoms with E-state index in [9.17, 15) is 10.4 Å². The molecule has 1 fully saturated rings. The number of piperazine rings is 1. The number of aliphatic hydroxyl groups excluding tert-OH is 1. The van der Waals surface area contributed by atoms with Crippen LogP contribution >= 0.6 is 11.3 Å². The molecule has 0 saturated carbocycles. The zero-order valence-corrected chi connectivity index (χ0v) is 21.7. The molecule has 0 unspecified atom stereocenters. The van der Waals surface area contributed by atoms with Crippen LogP contribution in [0.25, 0.3) is 16.8 Å². The van der Waals surface area contributed by atoms with E-state index in [4.69, 9.17) is 18.9 Å². The third-order valence-corrected chi connectivity index (χ3v) is 7.63. The van der Waals surface area contributed by atoms with E-state index in [2.05, 4.69) is 23.2 Å². The van der Waals surface area contributed by atoms with Crippen LogP contribution < -0.4 is 28.7 Å². The third-order valence-electron chi connectivity index (χ3n) is 6.77. The predicted molar refractivity (Wildman–Crippen MR) is 138 cm³/mol. The topological polar surface area (TPSA) is 103 Å². The van der Waals surface area contributed by atoms with Gasteiger partial charge >= 0.3 is 0 Å². The molecule has 0 bridgehead atoms. The number of quaternary nitrogens is 2. The number of nitrogens with one attached hydrogen (secondary N) is 2. The number of hydrogen-bond donors (Lipinski definition) is 3. The molecule has 1 aromatic heterocycles. The van der Waals surface area contributed by atoms with Gasteiger partial charge in [-0.2, -0.15) is 5.26 Å². The minimum atomic E-state index is 0.0879. The molecule has 3 heterocycles. The smallest absolute Gasteiger partial charge is 0.231 e. The lowest BCUT2D eigenvalue weighted by Crippen LogP contribution is -3.27. The number of nitriles is 1. The van der Waals surface area contributed by atoms with Crippen molar-refractivity contribution in [1.29, 1.82) is 5.26 Å². The van der Waals surface area contributed by atoms with Crippen LogP contribution in [0.5, 0.6) is 23.0 Å². The van der Waals surface area contributed by atoms with Crippen molar-refractivity contribution in [3.63, 3.8) is 0 Å². The number of allylic oxidation sites excluding steroid dienone is 1. The van der Waals surface area contributed by atoms with Gasteiger partial charge in [0.25, 0.3) is 0 Å². The summed E-state index contributed by atoms with van der Waals surface area (Å²) in [5.74, 6) is 2.95. The SMILES string of the molecule is COc1ccc(-c2csc(/C(C#N)=C(\O)C[NH+]3CC[NH+](Cc4ccc5c(c4)OCO5)CC3)n2)cc1OC. The number of ether oxygens (including phenoxy) is 4. The highest BCUT2D eigenvalue weighted by Gasteiger charge is 2.26. The Bertz CT molecular complexity index is 1340. The summed E-state index contributed by atoms with van der Waals surface area (Å²) < 4.78 is 21.6. The molecule has 0 radical (unpaired) electrons. The van der Waals surface area contributed by atoms with Gasteiger partial charge in [0.2, 0.25) is 6.79 Å². The highest BCUT2D eigenvalue weighted by molar-refractivity contribution is 7.11.